The van der Waals surface area contributed by atoms with Crippen LogP contribution in [-0.2, 0) is 45.0 Å². The molecule has 8 rings (SSSR count). The third kappa shape index (κ3) is 10.2. The Kier molecular flexibility index (Phi) is 15.1. The first-order valence-corrected chi connectivity index (χ1v) is 21.2. The monoisotopic (exact) mass is 845 g/mol. The van der Waals surface area contributed by atoms with E-state index in [1.165, 1.54) is 59.7 Å². The zero-order valence-corrected chi connectivity index (χ0v) is 36.0. The molecule has 0 saturated heterocycles. The second kappa shape index (κ2) is 19.3. The third-order valence-corrected chi connectivity index (χ3v) is 14.5. The van der Waals surface area contributed by atoms with Gasteiger partial charge in [0, 0.05) is 39.1 Å². The van der Waals surface area contributed by atoms with E-state index < -0.39 is 0 Å². The highest BCUT2D eigenvalue weighted by molar-refractivity contribution is 7.09. The second-order valence-electron chi connectivity index (χ2n) is 15.8. The number of nitrogen functional groups attached to an aromatic ring is 2. The number of fused-ring (bicyclic) bond motifs is 4. The fourth-order valence-electron chi connectivity index (χ4n) is 9.10. The van der Waals surface area contributed by atoms with Crippen LogP contribution in [0.1, 0.15) is 95.3 Å². The predicted molar refractivity (Wildman–Crippen MR) is 214 cm³/mol. The lowest BCUT2D eigenvalue weighted by molar-refractivity contribution is -0.689. The number of esters is 2. The molecule has 4 aliphatic carbocycles. The van der Waals surface area contributed by atoms with Gasteiger partial charge in [-0.3, -0.25) is 9.59 Å². The second-order valence-corrected chi connectivity index (χ2v) is 17.7. The van der Waals surface area contributed by atoms with Crippen molar-refractivity contribution in [3.05, 3.63) is 67.3 Å². The van der Waals surface area contributed by atoms with Crippen molar-refractivity contribution in [1.82, 2.24) is 19.9 Å². The van der Waals surface area contributed by atoms with Crippen LogP contribution < -0.4 is 33.0 Å². The molecule has 4 saturated carbocycles. The number of hydrogen-bond acceptors (Lipinski definition) is 12. The summed E-state index contributed by atoms with van der Waals surface area (Å²) in [5, 5.41) is 0. The van der Waals surface area contributed by atoms with E-state index in [1.54, 1.807) is 35.1 Å². The number of aryl methyl sites for hydroxylation is 2. The molecule has 4 aliphatic rings. The maximum Gasteiger partial charge on any atom is 0.309 e. The van der Waals surface area contributed by atoms with Gasteiger partial charge in [-0.2, -0.15) is 9.13 Å². The maximum atomic E-state index is 12.4. The summed E-state index contributed by atoms with van der Waals surface area (Å²) in [6.45, 7) is 10.1. The van der Waals surface area contributed by atoms with Gasteiger partial charge >= 0.3 is 11.9 Å². The largest absolute Gasteiger partial charge is 1.00 e. The molecule has 6 atom stereocenters. The number of nitrogens with two attached hydrogens (primary N) is 2. The fourth-order valence-corrected chi connectivity index (χ4v) is 11.1. The number of carbonyl (C=O) groups is 2. The zero-order chi connectivity index (χ0) is 37.9. The summed E-state index contributed by atoms with van der Waals surface area (Å²) in [6.07, 6.45) is 14.7. The van der Waals surface area contributed by atoms with Crippen LogP contribution in [0.2, 0.25) is 0 Å². The van der Waals surface area contributed by atoms with Crippen LogP contribution in [0.25, 0.3) is 0 Å². The van der Waals surface area contributed by atoms with Crippen molar-refractivity contribution in [3.63, 3.8) is 0 Å². The van der Waals surface area contributed by atoms with E-state index in [4.69, 9.17) is 20.9 Å². The van der Waals surface area contributed by atoms with Crippen LogP contribution in [0.15, 0.2) is 23.4 Å². The summed E-state index contributed by atoms with van der Waals surface area (Å²) < 4.78 is 15.5. The van der Waals surface area contributed by atoms with E-state index in [0.29, 0.717) is 61.4 Å². The van der Waals surface area contributed by atoms with Gasteiger partial charge < -0.3 is 33.3 Å². The lowest BCUT2D eigenvalue weighted by Gasteiger charge is -2.19. The first-order valence-electron chi connectivity index (χ1n) is 19.4. The van der Waals surface area contributed by atoms with Gasteiger partial charge in [0.15, 0.2) is 24.5 Å². The molecule has 304 valence electrons. The van der Waals surface area contributed by atoms with Gasteiger partial charge in [-0.05, 0) is 76.0 Å². The molecule has 4 heterocycles. The van der Waals surface area contributed by atoms with Gasteiger partial charge in [0.2, 0.25) is 11.0 Å². The maximum absolute atomic E-state index is 12.4. The molecule has 0 aromatic carbocycles. The number of halogens is 2. The molecule has 4 N–H and O–H groups in total. The number of ether oxygens (including phenoxy) is 2. The van der Waals surface area contributed by atoms with E-state index in [1.807, 2.05) is 13.8 Å². The lowest BCUT2D eigenvalue weighted by atomic mass is 9.89. The molecule has 4 aromatic heterocycles. The minimum atomic E-state index is 0. The standard InChI is InChI=1S/2C20H27N4O2S.2ClH/c2*1-12-18(5-6-26-20(25)17-8-14-3-4-15(17)7-14)27-11-24(12)10-16-9-22-13(2)23-19(16)21;;/h2*9,11,14-15,17H,3-8,10H2,1-2H3,(H2,21,22,23);2*1H/q2*+1;;/p-1. The number of hydrogen-bond donors (Lipinski definition) is 2. The van der Waals surface area contributed by atoms with Crippen molar-refractivity contribution in [3.8, 4) is 0 Å². The number of nitrogens with zero attached hydrogens (tertiary/aromatic N) is 6. The molecule has 4 fully saturated rings. The topological polar surface area (TPSA) is 164 Å². The molecule has 16 heteroatoms. The summed E-state index contributed by atoms with van der Waals surface area (Å²) in [5.41, 5.74) is 20.4. The van der Waals surface area contributed by atoms with Crippen LogP contribution in [0.4, 0.5) is 11.6 Å². The highest BCUT2D eigenvalue weighted by Crippen LogP contribution is 2.49. The van der Waals surface area contributed by atoms with E-state index in [9.17, 15) is 9.59 Å². The molecule has 4 aromatic rings. The van der Waals surface area contributed by atoms with Gasteiger partial charge in [-0.1, -0.05) is 35.5 Å². The van der Waals surface area contributed by atoms with Crippen molar-refractivity contribution in [2.75, 3.05) is 24.7 Å². The lowest BCUT2D eigenvalue weighted by Crippen LogP contribution is -3.00. The average molecular weight is 847 g/mol. The van der Waals surface area contributed by atoms with Crippen LogP contribution in [0.3, 0.4) is 0 Å². The predicted octanol–water partition coefficient (Wildman–Crippen LogP) is 2.62. The van der Waals surface area contributed by atoms with Gasteiger partial charge in [-0.15, -0.1) is 12.4 Å². The van der Waals surface area contributed by atoms with E-state index >= 15 is 0 Å². The Labute approximate surface area is 350 Å². The Morgan fingerprint density at radius 3 is 1.45 bits per heavy atom. The van der Waals surface area contributed by atoms with E-state index in [-0.39, 0.29) is 48.6 Å². The molecule has 0 amide bonds. The number of carbonyl (C=O) groups excluding carboxylic acids is 2. The molecular formula is C40H55Cl2N8O4S2+. The summed E-state index contributed by atoms with van der Waals surface area (Å²) in [7, 11) is 0. The minimum Gasteiger partial charge on any atom is -1.00 e. The summed E-state index contributed by atoms with van der Waals surface area (Å²) >= 11 is 3.38. The van der Waals surface area contributed by atoms with Crippen LogP contribution >= 0.6 is 35.1 Å². The van der Waals surface area contributed by atoms with E-state index in [0.717, 1.165) is 48.6 Å². The first kappa shape index (κ1) is 43.7. The van der Waals surface area contributed by atoms with Gasteiger partial charge in [0.1, 0.15) is 23.3 Å². The summed E-state index contributed by atoms with van der Waals surface area (Å²) in [4.78, 5) is 44.1. The quantitative estimate of drug-likeness (QED) is 0.160. The Morgan fingerprint density at radius 2 is 1.11 bits per heavy atom. The van der Waals surface area contributed by atoms with Crippen LogP contribution in [0.5, 0.6) is 0 Å². The number of anilines is 2. The highest BCUT2D eigenvalue weighted by atomic mass is 35.5. The molecule has 6 unspecified atom stereocenters. The molecule has 56 heavy (non-hydrogen) atoms. The van der Waals surface area contributed by atoms with Crippen molar-refractivity contribution >= 4 is 58.7 Å². The molecule has 0 aliphatic heterocycles. The smallest absolute Gasteiger partial charge is 0.309 e. The SMILES string of the molecule is Cc1ncc(C[n+]2csc(CCOC(=O)C3CC4CCC3C4)c2C)c(N)n1.Cc1ncc(C[n+]2csc(CCOC(=O)C3CC4CCC3C4)c2C)c(N)n1.Cl.[Cl-]. The Balaban J connectivity index is 0.000000207. The van der Waals surface area contributed by atoms with Crippen LogP contribution in [-0.4, -0.2) is 45.1 Å². The van der Waals surface area contributed by atoms with Crippen LogP contribution in [0, 0.1) is 63.2 Å². The van der Waals surface area contributed by atoms with Crippen molar-refractivity contribution < 1.29 is 40.6 Å². The Bertz CT molecular complexity index is 1850. The van der Waals surface area contributed by atoms with Gasteiger partial charge in [0.05, 0.1) is 45.9 Å². The fraction of sp³-hybridized carbons (Fsp3) is 0.600. The summed E-state index contributed by atoms with van der Waals surface area (Å²) in [6, 6.07) is 0. The zero-order valence-electron chi connectivity index (χ0n) is 32.7. The minimum absolute atomic E-state index is 0. The molecule has 0 radical (unpaired) electrons. The number of aromatic nitrogens is 6. The highest BCUT2D eigenvalue weighted by Gasteiger charge is 2.45. The molecule has 4 bridgehead atoms. The normalized spacial score (nSPS) is 22.9. The average Bonchev–Trinajstić information content (AvgIpc) is 4.02. The van der Waals surface area contributed by atoms with Crippen molar-refractivity contribution in [2.24, 2.45) is 35.5 Å². The van der Waals surface area contributed by atoms with E-state index in [2.05, 4.69) is 53.9 Å². The summed E-state index contributed by atoms with van der Waals surface area (Å²) in [5.74, 6) is 5.47. The third-order valence-electron chi connectivity index (χ3n) is 12.3. The van der Waals surface area contributed by atoms with Crippen molar-refractivity contribution in [1.29, 1.82) is 0 Å². The first-order chi connectivity index (χ1) is 26.0. The molecule has 0 spiro atoms. The Hall–Kier alpha value is -3.46. The molecule has 12 nitrogen and oxygen atoms in total. The Morgan fingerprint density at radius 1 is 0.696 bits per heavy atom. The van der Waals surface area contributed by atoms with Crippen molar-refractivity contribution in [2.45, 2.75) is 105 Å². The van der Waals surface area contributed by atoms with Gasteiger partial charge in [-0.25, -0.2) is 19.9 Å². The molecular weight excluding hydrogens is 792 g/mol. The number of rotatable bonds is 12. The number of thiazole rings is 2. The van der Waals surface area contributed by atoms with Gasteiger partial charge in [0.25, 0.3) is 0 Å².